The molecule has 5 heteroatoms. The number of benzene rings is 1. The summed E-state index contributed by atoms with van der Waals surface area (Å²) in [4.78, 5) is 23.6. The minimum Gasteiger partial charge on any atom is -0.379 e. The molecule has 4 rings (SSSR count). The van der Waals surface area contributed by atoms with Crippen molar-refractivity contribution in [1.82, 2.24) is 4.90 Å². The van der Waals surface area contributed by atoms with Crippen molar-refractivity contribution >= 4 is 17.4 Å². The molecule has 1 aliphatic carbocycles. The van der Waals surface area contributed by atoms with Crippen LogP contribution in [0.3, 0.4) is 0 Å². The quantitative estimate of drug-likeness (QED) is 0.778. The molecule has 5 nitrogen and oxygen atoms in total. The van der Waals surface area contributed by atoms with Crippen LogP contribution in [0.15, 0.2) is 35.3 Å². The number of anilines is 1. The van der Waals surface area contributed by atoms with Gasteiger partial charge in [-0.05, 0) is 45.7 Å². The van der Waals surface area contributed by atoms with Crippen LogP contribution in [0.1, 0.15) is 52.9 Å². The molecule has 1 saturated carbocycles. The van der Waals surface area contributed by atoms with E-state index in [1.165, 1.54) is 6.42 Å². The summed E-state index contributed by atoms with van der Waals surface area (Å²) in [6, 6.07) is 10.1. The molecule has 152 valence electrons. The summed E-state index contributed by atoms with van der Waals surface area (Å²) in [6.45, 7) is 9.56. The van der Waals surface area contributed by atoms with Gasteiger partial charge in [-0.25, -0.2) is 0 Å². The van der Waals surface area contributed by atoms with Gasteiger partial charge in [-0.15, -0.1) is 0 Å². The second-order valence-corrected chi connectivity index (χ2v) is 9.38. The van der Waals surface area contributed by atoms with Crippen LogP contribution < -0.4 is 4.90 Å². The number of amides is 1. The molecule has 0 bridgehead atoms. The lowest BCUT2D eigenvalue weighted by Crippen LogP contribution is -2.54. The first kappa shape index (κ1) is 19.6. The van der Waals surface area contributed by atoms with Crippen LogP contribution in [-0.4, -0.2) is 54.5 Å². The topological polar surface area (TPSA) is 45.1 Å². The van der Waals surface area contributed by atoms with Gasteiger partial charge in [0.15, 0.2) is 0 Å². The number of aliphatic imine (C=N–C) groups is 1. The lowest BCUT2D eigenvalue weighted by molar-refractivity contribution is -0.130. The van der Waals surface area contributed by atoms with E-state index in [0.29, 0.717) is 0 Å². The van der Waals surface area contributed by atoms with Crippen LogP contribution in [0.25, 0.3) is 0 Å². The van der Waals surface area contributed by atoms with Crippen LogP contribution in [0.2, 0.25) is 0 Å². The highest BCUT2D eigenvalue weighted by atomic mass is 16.5. The zero-order chi connectivity index (χ0) is 19.8. The van der Waals surface area contributed by atoms with Gasteiger partial charge in [-0.1, -0.05) is 37.5 Å². The van der Waals surface area contributed by atoms with Gasteiger partial charge in [0.2, 0.25) is 5.91 Å². The summed E-state index contributed by atoms with van der Waals surface area (Å²) in [5.74, 6) is 1.19. The van der Waals surface area contributed by atoms with Crippen molar-refractivity contribution in [3.05, 3.63) is 30.3 Å². The Kier molecular flexibility index (Phi) is 5.32. The third-order valence-corrected chi connectivity index (χ3v) is 6.25. The van der Waals surface area contributed by atoms with Gasteiger partial charge < -0.3 is 4.74 Å². The molecule has 28 heavy (non-hydrogen) atoms. The number of hydrogen-bond acceptors (Lipinski definition) is 4. The molecule has 1 aromatic rings. The predicted molar refractivity (Wildman–Crippen MR) is 113 cm³/mol. The lowest BCUT2D eigenvalue weighted by atomic mass is 9.69. The first-order valence-electron chi connectivity index (χ1n) is 10.7. The van der Waals surface area contributed by atoms with Crippen molar-refractivity contribution in [2.75, 3.05) is 31.2 Å². The summed E-state index contributed by atoms with van der Waals surface area (Å²) in [5, 5.41) is 0. The molecule has 1 spiro atoms. The summed E-state index contributed by atoms with van der Waals surface area (Å²) < 4.78 is 5.63. The second kappa shape index (κ2) is 7.60. The largest absolute Gasteiger partial charge is 0.379 e. The number of carbonyl (C=O) groups is 1. The van der Waals surface area contributed by atoms with Crippen LogP contribution in [0.5, 0.6) is 0 Å². The number of ether oxygens (including phenoxy) is 1. The summed E-state index contributed by atoms with van der Waals surface area (Å²) in [5.41, 5.74) is 0.347. The SMILES string of the molecule is CC(C)(C)N=C1[C@@H](N2CCOCC2)C2(CCCCC2)C(=O)N1c1ccccc1. The highest BCUT2D eigenvalue weighted by Crippen LogP contribution is 2.49. The molecular formula is C23H33N3O2. The van der Waals surface area contributed by atoms with Crippen molar-refractivity contribution in [2.24, 2.45) is 10.4 Å². The van der Waals surface area contributed by atoms with Gasteiger partial charge in [-0.3, -0.25) is 19.6 Å². The van der Waals surface area contributed by atoms with E-state index in [-0.39, 0.29) is 22.9 Å². The molecule has 1 amide bonds. The summed E-state index contributed by atoms with van der Waals surface area (Å²) in [6.07, 6.45) is 5.39. The normalized spacial score (nSPS) is 27.7. The lowest BCUT2D eigenvalue weighted by Gasteiger charge is -2.42. The van der Waals surface area contributed by atoms with E-state index in [1.807, 2.05) is 35.2 Å². The smallest absolute Gasteiger partial charge is 0.240 e. The second-order valence-electron chi connectivity index (χ2n) is 9.38. The summed E-state index contributed by atoms with van der Waals surface area (Å²) >= 11 is 0. The number of hydrogen-bond donors (Lipinski definition) is 0. The molecule has 2 aliphatic heterocycles. The van der Waals surface area contributed by atoms with Crippen molar-refractivity contribution in [3.8, 4) is 0 Å². The van der Waals surface area contributed by atoms with Crippen molar-refractivity contribution < 1.29 is 9.53 Å². The van der Waals surface area contributed by atoms with E-state index in [4.69, 9.17) is 9.73 Å². The molecule has 0 unspecified atom stereocenters. The van der Waals surface area contributed by atoms with Gasteiger partial charge in [0, 0.05) is 13.1 Å². The van der Waals surface area contributed by atoms with E-state index in [0.717, 1.165) is 63.5 Å². The van der Waals surface area contributed by atoms with Gasteiger partial charge in [0.25, 0.3) is 0 Å². The Morgan fingerprint density at radius 2 is 1.68 bits per heavy atom. The standard InChI is InChI=1S/C23H33N3O2/c1-22(2,3)24-20-19(25-14-16-28-17-15-25)23(12-8-5-9-13-23)21(27)26(20)18-10-6-4-7-11-18/h4,6-7,10-11,19H,5,8-9,12-17H2,1-3H3/t19-/m1/s1. The fraction of sp³-hybridized carbons (Fsp3) is 0.652. The number of nitrogens with zero attached hydrogens (tertiary/aromatic N) is 3. The van der Waals surface area contributed by atoms with Crippen LogP contribution in [-0.2, 0) is 9.53 Å². The molecule has 2 heterocycles. The maximum Gasteiger partial charge on any atom is 0.240 e. The molecule has 0 aromatic heterocycles. The fourth-order valence-electron chi connectivity index (χ4n) is 5.11. The van der Waals surface area contributed by atoms with Gasteiger partial charge >= 0.3 is 0 Å². The Labute approximate surface area is 168 Å². The van der Waals surface area contributed by atoms with Crippen LogP contribution in [0.4, 0.5) is 5.69 Å². The minimum absolute atomic E-state index is 0.0450. The zero-order valence-electron chi connectivity index (χ0n) is 17.5. The molecule has 0 radical (unpaired) electrons. The molecular weight excluding hydrogens is 350 g/mol. The minimum atomic E-state index is -0.352. The number of para-hydroxylation sites is 1. The third-order valence-electron chi connectivity index (χ3n) is 6.25. The van der Waals surface area contributed by atoms with Gasteiger partial charge in [-0.2, -0.15) is 0 Å². The third kappa shape index (κ3) is 3.50. The Balaban J connectivity index is 1.87. The van der Waals surface area contributed by atoms with Crippen LogP contribution >= 0.6 is 0 Å². The number of carbonyl (C=O) groups excluding carboxylic acids is 1. The fourth-order valence-corrected chi connectivity index (χ4v) is 5.11. The van der Waals surface area contributed by atoms with Gasteiger partial charge in [0.1, 0.15) is 5.84 Å². The highest BCUT2D eigenvalue weighted by molar-refractivity contribution is 6.27. The average Bonchev–Trinajstić information content (AvgIpc) is 2.90. The van der Waals surface area contributed by atoms with E-state index in [2.05, 4.69) is 25.7 Å². The maximum atomic E-state index is 14.0. The zero-order valence-corrected chi connectivity index (χ0v) is 17.5. The Morgan fingerprint density at radius 1 is 1.04 bits per heavy atom. The maximum absolute atomic E-state index is 14.0. The summed E-state index contributed by atoms with van der Waals surface area (Å²) in [7, 11) is 0. The number of morpholine rings is 1. The first-order valence-corrected chi connectivity index (χ1v) is 10.7. The van der Waals surface area contributed by atoms with Gasteiger partial charge in [0.05, 0.1) is 35.9 Å². The molecule has 1 aromatic carbocycles. The first-order chi connectivity index (χ1) is 13.4. The Bertz CT molecular complexity index is 726. The molecule has 1 atom stereocenters. The van der Waals surface area contributed by atoms with Crippen LogP contribution in [0, 0.1) is 5.41 Å². The van der Waals surface area contributed by atoms with E-state index in [1.54, 1.807) is 0 Å². The van der Waals surface area contributed by atoms with E-state index in [9.17, 15) is 4.79 Å². The van der Waals surface area contributed by atoms with Crippen molar-refractivity contribution in [2.45, 2.75) is 64.5 Å². The van der Waals surface area contributed by atoms with Crippen molar-refractivity contribution in [1.29, 1.82) is 0 Å². The van der Waals surface area contributed by atoms with E-state index >= 15 is 0 Å². The Morgan fingerprint density at radius 3 is 2.29 bits per heavy atom. The monoisotopic (exact) mass is 383 g/mol. The number of rotatable bonds is 2. The van der Waals surface area contributed by atoms with Crippen molar-refractivity contribution in [3.63, 3.8) is 0 Å². The van der Waals surface area contributed by atoms with E-state index < -0.39 is 0 Å². The molecule has 3 fully saturated rings. The molecule has 0 N–H and O–H groups in total. The number of amidine groups is 1. The predicted octanol–water partition coefficient (Wildman–Crippen LogP) is 3.88. The molecule has 2 saturated heterocycles. The average molecular weight is 384 g/mol. The molecule has 3 aliphatic rings. The Hall–Kier alpha value is -1.72. The highest BCUT2D eigenvalue weighted by Gasteiger charge is 2.60.